The van der Waals surface area contributed by atoms with Crippen molar-refractivity contribution < 1.29 is 0 Å². The van der Waals surface area contributed by atoms with Crippen molar-refractivity contribution in [2.45, 2.75) is 39.7 Å². The molecule has 4 nitrogen and oxygen atoms in total. The Bertz CT molecular complexity index is 956. The summed E-state index contributed by atoms with van der Waals surface area (Å²) in [6.07, 6.45) is 2.59. The van der Waals surface area contributed by atoms with Crippen LogP contribution in [0.4, 0.5) is 0 Å². The number of fused-ring (bicyclic) bond motifs is 2. The van der Waals surface area contributed by atoms with E-state index < -0.39 is 0 Å². The zero-order valence-corrected chi connectivity index (χ0v) is 13.6. The molecule has 5 heteroatoms. The molecule has 3 rings (SSSR count). The van der Waals surface area contributed by atoms with Gasteiger partial charge in [-0.25, -0.2) is 4.98 Å². The van der Waals surface area contributed by atoms with Gasteiger partial charge >= 0.3 is 0 Å². The maximum Gasteiger partial charge on any atom is 0.266 e. The van der Waals surface area contributed by atoms with E-state index in [9.17, 15) is 9.59 Å². The zero-order valence-electron chi connectivity index (χ0n) is 12.8. The number of benzene rings is 1. The SMILES string of the molecule is CCCCn1c(CC)nc2sc3ccccc3c(=O)c2c1=O. The second-order valence-corrected chi connectivity index (χ2v) is 6.33. The van der Waals surface area contributed by atoms with Crippen LogP contribution in [0.5, 0.6) is 0 Å². The van der Waals surface area contributed by atoms with Gasteiger partial charge in [-0.3, -0.25) is 14.2 Å². The molecule has 2 heterocycles. The van der Waals surface area contributed by atoms with Gasteiger partial charge in [-0.1, -0.05) is 32.4 Å². The maximum absolute atomic E-state index is 12.8. The minimum Gasteiger partial charge on any atom is -0.296 e. The van der Waals surface area contributed by atoms with Crippen LogP contribution in [-0.2, 0) is 13.0 Å². The van der Waals surface area contributed by atoms with Crippen molar-refractivity contribution in [2.24, 2.45) is 0 Å². The molecule has 3 aromatic rings. The van der Waals surface area contributed by atoms with Crippen LogP contribution in [0.25, 0.3) is 20.3 Å². The van der Waals surface area contributed by atoms with E-state index in [0.29, 0.717) is 23.2 Å². The van der Waals surface area contributed by atoms with E-state index in [1.165, 1.54) is 11.3 Å². The summed E-state index contributed by atoms with van der Waals surface area (Å²) in [6.45, 7) is 4.69. The lowest BCUT2D eigenvalue weighted by atomic mass is 10.2. The topological polar surface area (TPSA) is 52.0 Å². The third-order valence-electron chi connectivity index (χ3n) is 3.83. The van der Waals surface area contributed by atoms with E-state index in [1.54, 1.807) is 10.6 Å². The van der Waals surface area contributed by atoms with Crippen molar-refractivity contribution in [3.8, 4) is 0 Å². The summed E-state index contributed by atoms with van der Waals surface area (Å²) in [4.78, 5) is 30.6. The number of rotatable bonds is 4. The first kappa shape index (κ1) is 14.9. The summed E-state index contributed by atoms with van der Waals surface area (Å²) < 4.78 is 2.55. The van der Waals surface area contributed by atoms with Crippen LogP contribution in [0.1, 0.15) is 32.5 Å². The number of aryl methyl sites for hydroxylation is 1. The lowest BCUT2D eigenvalue weighted by Gasteiger charge is -2.11. The molecule has 114 valence electrons. The highest BCUT2D eigenvalue weighted by atomic mass is 32.1. The van der Waals surface area contributed by atoms with Gasteiger partial charge in [-0.2, -0.15) is 0 Å². The maximum atomic E-state index is 12.8. The Hall–Kier alpha value is -2.01. The Morgan fingerprint density at radius 2 is 1.95 bits per heavy atom. The molecule has 1 aromatic carbocycles. The van der Waals surface area contributed by atoms with Gasteiger partial charge in [-0.05, 0) is 18.6 Å². The molecule has 0 fully saturated rings. The fraction of sp³-hybridized carbons (Fsp3) is 0.353. The van der Waals surface area contributed by atoms with Gasteiger partial charge in [-0.15, -0.1) is 11.3 Å². The van der Waals surface area contributed by atoms with Gasteiger partial charge in [0.05, 0.1) is 0 Å². The molecule has 0 unspecified atom stereocenters. The molecule has 0 spiro atoms. The quantitative estimate of drug-likeness (QED) is 0.694. The van der Waals surface area contributed by atoms with Gasteiger partial charge in [0, 0.05) is 23.1 Å². The number of unbranched alkanes of at least 4 members (excludes halogenated alkanes) is 1. The number of hydrogen-bond donors (Lipinski definition) is 0. The summed E-state index contributed by atoms with van der Waals surface area (Å²) in [6, 6.07) is 7.40. The minimum atomic E-state index is -0.199. The molecule has 0 bridgehead atoms. The zero-order chi connectivity index (χ0) is 15.7. The van der Waals surface area contributed by atoms with Gasteiger partial charge in [0.1, 0.15) is 16.0 Å². The number of aromatic nitrogens is 2. The molecule has 0 aliphatic heterocycles. The van der Waals surface area contributed by atoms with Crippen LogP contribution in [-0.4, -0.2) is 9.55 Å². The predicted octanol–water partition coefficient (Wildman–Crippen LogP) is 3.33. The van der Waals surface area contributed by atoms with Crippen LogP contribution < -0.4 is 11.0 Å². The van der Waals surface area contributed by atoms with E-state index in [-0.39, 0.29) is 16.4 Å². The lowest BCUT2D eigenvalue weighted by molar-refractivity contribution is 0.580. The first-order valence-corrected chi connectivity index (χ1v) is 8.44. The number of hydrogen-bond acceptors (Lipinski definition) is 4. The van der Waals surface area contributed by atoms with Crippen molar-refractivity contribution in [1.82, 2.24) is 9.55 Å². The summed E-state index contributed by atoms with van der Waals surface area (Å²) in [5, 5.41) is 0.835. The predicted molar refractivity (Wildman–Crippen MR) is 91.9 cm³/mol. The molecule has 0 amide bonds. The smallest absolute Gasteiger partial charge is 0.266 e. The van der Waals surface area contributed by atoms with Crippen molar-refractivity contribution in [3.05, 3.63) is 50.7 Å². The highest BCUT2D eigenvalue weighted by Crippen LogP contribution is 2.21. The third-order valence-corrected chi connectivity index (χ3v) is 4.90. The highest BCUT2D eigenvalue weighted by Gasteiger charge is 2.15. The van der Waals surface area contributed by atoms with Gasteiger partial charge in [0.25, 0.3) is 5.56 Å². The second kappa shape index (κ2) is 6.01. The van der Waals surface area contributed by atoms with Crippen molar-refractivity contribution in [2.75, 3.05) is 0 Å². The average Bonchev–Trinajstić information content (AvgIpc) is 2.53. The molecule has 22 heavy (non-hydrogen) atoms. The standard InChI is InChI=1S/C17H18N2O2S/c1-3-5-10-19-13(4-2)18-16-14(17(19)21)15(20)11-8-6-7-9-12(11)22-16/h6-9H,3-5,10H2,1-2H3. The third kappa shape index (κ3) is 2.35. The van der Waals surface area contributed by atoms with Crippen LogP contribution in [0.15, 0.2) is 33.9 Å². The molecule has 0 aliphatic rings. The fourth-order valence-electron chi connectivity index (χ4n) is 2.64. The summed E-state index contributed by atoms with van der Waals surface area (Å²) in [7, 11) is 0. The van der Waals surface area contributed by atoms with Gasteiger partial charge < -0.3 is 0 Å². The molecular formula is C17H18N2O2S. The molecule has 0 atom stereocenters. The Kier molecular flexibility index (Phi) is 4.07. The van der Waals surface area contributed by atoms with Crippen LogP contribution in [0, 0.1) is 0 Å². The van der Waals surface area contributed by atoms with Crippen LogP contribution in [0.2, 0.25) is 0 Å². The summed E-state index contributed by atoms with van der Waals surface area (Å²) in [5.41, 5.74) is -0.392. The molecule has 0 saturated heterocycles. The van der Waals surface area contributed by atoms with E-state index >= 15 is 0 Å². The fourth-order valence-corrected chi connectivity index (χ4v) is 3.70. The Balaban J connectivity index is 2.42. The highest BCUT2D eigenvalue weighted by molar-refractivity contribution is 7.24. The largest absolute Gasteiger partial charge is 0.296 e. The molecule has 0 aliphatic carbocycles. The van der Waals surface area contributed by atoms with Crippen molar-refractivity contribution in [3.63, 3.8) is 0 Å². The van der Waals surface area contributed by atoms with Gasteiger partial charge in [0.15, 0.2) is 0 Å². The molecular weight excluding hydrogens is 296 g/mol. The lowest BCUT2D eigenvalue weighted by Crippen LogP contribution is -2.28. The van der Waals surface area contributed by atoms with E-state index in [1.807, 2.05) is 25.1 Å². The summed E-state index contributed by atoms with van der Waals surface area (Å²) >= 11 is 1.42. The average molecular weight is 314 g/mol. The molecule has 0 radical (unpaired) electrons. The Labute approximate surface area is 132 Å². The van der Waals surface area contributed by atoms with E-state index in [0.717, 1.165) is 23.4 Å². The van der Waals surface area contributed by atoms with E-state index in [2.05, 4.69) is 11.9 Å². The normalized spacial score (nSPS) is 11.4. The number of nitrogens with zero attached hydrogens (tertiary/aromatic N) is 2. The van der Waals surface area contributed by atoms with Crippen molar-refractivity contribution >= 4 is 31.6 Å². The Morgan fingerprint density at radius 3 is 2.68 bits per heavy atom. The molecule has 0 N–H and O–H groups in total. The first-order chi connectivity index (χ1) is 10.7. The first-order valence-electron chi connectivity index (χ1n) is 7.62. The van der Waals surface area contributed by atoms with Crippen LogP contribution >= 0.6 is 11.3 Å². The molecule has 2 aromatic heterocycles. The van der Waals surface area contributed by atoms with Gasteiger partial charge in [0.2, 0.25) is 5.43 Å². The molecule has 0 saturated carbocycles. The van der Waals surface area contributed by atoms with E-state index in [4.69, 9.17) is 0 Å². The summed E-state index contributed by atoms with van der Waals surface area (Å²) in [5.74, 6) is 0.761. The van der Waals surface area contributed by atoms with Crippen molar-refractivity contribution in [1.29, 1.82) is 0 Å². The second-order valence-electron chi connectivity index (χ2n) is 5.30. The Morgan fingerprint density at radius 1 is 1.18 bits per heavy atom. The monoisotopic (exact) mass is 314 g/mol. The minimum absolute atomic E-state index is 0.192. The van der Waals surface area contributed by atoms with Crippen LogP contribution in [0.3, 0.4) is 0 Å².